The van der Waals surface area contributed by atoms with Crippen LogP contribution in [0.25, 0.3) is 0 Å². The van der Waals surface area contributed by atoms with Crippen molar-refractivity contribution in [3.8, 4) is 0 Å². The molecule has 0 aromatic rings. The van der Waals surface area contributed by atoms with Crippen LogP contribution in [0, 0.1) is 5.92 Å². The van der Waals surface area contributed by atoms with E-state index in [2.05, 4.69) is 10.2 Å². The summed E-state index contributed by atoms with van der Waals surface area (Å²) >= 11 is 0. The van der Waals surface area contributed by atoms with Gasteiger partial charge in [-0.3, -0.25) is 4.79 Å². The first kappa shape index (κ1) is 15.8. The Hall–Kier alpha value is -1.30. The van der Waals surface area contributed by atoms with Gasteiger partial charge in [0.2, 0.25) is 0 Å². The molecule has 1 aliphatic heterocycles. The predicted octanol–water partition coefficient (Wildman–Crippen LogP) is 0.834. The first-order valence-corrected chi connectivity index (χ1v) is 6.95. The molecule has 2 N–H and O–H groups in total. The van der Waals surface area contributed by atoms with Crippen molar-refractivity contribution in [2.75, 3.05) is 39.8 Å². The zero-order valence-corrected chi connectivity index (χ0v) is 11.9. The highest BCUT2D eigenvalue weighted by atomic mass is 16.4. The van der Waals surface area contributed by atoms with Crippen LogP contribution in [0.2, 0.25) is 0 Å². The number of carboxylic acids is 1. The van der Waals surface area contributed by atoms with Gasteiger partial charge in [0.15, 0.2) is 0 Å². The lowest BCUT2D eigenvalue weighted by Gasteiger charge is -2.20. The van der Waals surface area contributed by atoms with Gasteiger partial charge in [-0.25, -0.2) is 4.79 Å². The number of rotatable bonds is 7. The van der Waals surface area contributed by atoms with E-state index in [9.17, 15) is 9.59 Å². The average molecular weight is 271 g/mol. The first-order chi connectivity index (χ1) is 9.00. The van der Waals surface area contributed by atoms with E-state index >= 15 is 0 Å². The van der Waals surface area contributed by atoms with Crippen LogP contribution in [0.5, 0.6) is 0 Å². The second kappa shape index (κ2) is 7.99. The Morgan fingerprint density at radius 1 is 1.37 bits per heavy atom. The molecular weight excluding hydrogens is 246 g/mol. The van der Waals surface area contributed by atoms with Crippen LogP contribution < -0.4 is 5.32 Å². The molecule has 0 saturated carbocycles. The number of amides is 2. The fourth-order valence-electron chi connectivity index (χ4n) is 2.21. The van der Waals surface area contributed by atoms with Crippen molar-refractivity contribution in [2.45, 2.75) is 26.2 Å². The monoisotopic (exact) mass is 271 g/mol. The normalized spacial score (nSPS) is 17.2. The molecule has 1 saturated heterocycles. The van der Waals surface area contributed by atoms with Gasteiger partial charge in [-0.05, 0) is 38.9 Å². The number of aliphatic carboxylic acids is 1. The molecule has 0 bridgehead atoms. The van der Waals surface area contributed by atoms with Crippen molar-refractivity contribution in [1.29, 1.82) is 0 Å². The largest absolute Gasteiger partial charge is 0.481 e. The standard InChI is InChI=1S/C13H25N3O3/c1-11(12(17)18)10-15(2)13(19)14-6-5-9-16-7-3-4-8-16/h11H,3-10H2,1-2H3,(H,14,19)(H,17,18). The number of urea groups is 1. The molecule has 6 nitrogen and oxygen atoms in total. The summed E-state index contributed by atoms with van der Waals surface area (Å²) in [7, 11) is 1.62. The summed E-state index contributed by atoms with van der Waals surface area (Å²) in [5, 5.41) is 11.6. The molecular formula is C13H25N3O3. The highest BCUT2D eigenvalue weighted by Gasteiger charge is 2.17. The fraction of sp³-hybridized carbons (Fsp3) is 0.846. The number of carbonyl (C=O) groups is 2. The minimum absolute atomic E-state index is 0.200. The van der Waals surface area contributed by atoms with Crippen LogP contribution in [0.1, 0.15) is 26.2 Å². The molecule has 2 amide bonds. The summed E-state index contributed by atoms with van der Waals surface area (Å²) in [6.07, 6.45) is 3.50. The van der Waals surface area contributed by atoms with Crippen molar-refractivity contribution in [2.24, 2.45) is 5.92 Å². The van der Waals surface area contributed by atoms with E-state index in [-0.39, 0.29) is 12.6 Å². The van der Waals surface area contributed by atoms with Gasteiger partial charge in [-0.2, -0.15) is 0 Å². The smallest absolute Gasteiger partial charge is 0.317 e. The van der Waals surface area contributed by atoms with E-state index in [1.165, 1.54) is 30.8 Å². The van der Waals surface area contributed by atoms with Crippen LogP contribution in [0.4, 0.5) is 4.79 Å². The third-order valence-corrected chi connectivity index (χ3v) is 3.44. The van der Waals surface area contributed by atoms with Gasteiger partial charge in [0.25, 0.3) is 0 Å². The second-order valence-electron chi connectivity index (χ2n) is 5.25. The lowest BCUT2D eigenvalue weighted by Crippen LogP contribution is -2.41. The maximum Gasteiger partial charge on any atom is 0.317 e. The summed E-state index contributed by atoms with van der Waals surface area (Å²) in [6.45, 7) is 5.83. The maximum absolute atomic E-state index is 11.7. The van der Waals surface area contributed by atoms with E-state index < -0.39 is 11.9 Å². The molecule has 19 heavy (non-hydrogen) atoms. The molecule has 0 aromatic heterocycles. The molecule has 1 heterocycles. The second-order valence-corrected chi connectivity index (χ2v) is 5.25. The fourth-order valence-corrected chi connectivity index (χ4v) is 2.21. The summed E-state index contributed by atoms with van der Waals surface area (Å²) in [5.74, 6) is -1.42. The molecule has 0 radical (unpaired) electrons. The van der Waals surface area contributed by atoms with E-state index in [4.69, 9.17) is 5.11 Å². The summed E-state index contributed by atoms with van der Waals surface area (Å²) in [6, 6.07) is -0.200. The number of hydrogen-bond acceptors (Lipinski definition) is 3. The Balaban J connectivity index is 2.10. The van der Waals surface area contributed by atoms with Crippen LogP contribution in [0.3, 0.4) is 0 Å². The van der Waals surface area contributed by atoms with E-state index in [1.54, 1.807) is 14.0 Å². The molecule has 6 heteroatoms. The Kier molecular flexibility index (Phi) is 6.62. The van der Waals surface area contributed by atoms with Crippen molar-refractivity contribution >= 4 is 12.0 Å². The SMILES string of the molecule is CC(CN(C)C(=O)NCCCN1CCCC1)C(=O)O. The lowest BCUT2D eigenvalue weighted by molar-refractivity contribution is -0.141. The molecule has 0 aliphatic carbocycles. The van der Waals surface area contributed by atoms with Gasteiger partial charge >= 0.3 is 12.0 Å². The number of hydrogen-bond donors (Lipinski definition) is 2. The van der Waals surface area contributed by atoms with Crippen molar-refractivity contribution in [3.05, 3.63) is 0 Å². The summed E-state index contributed by atoms with van der Waals surface area (Å²) in [5.41, 5.74) is 0. The number of likely N-dealkylation sites (tertiary alicyclic amines) is 1. The zero-order valence-electron chi connectivity index (χ0n) is 11.9. The first-order valence-electron chi connectivity index (χ1n) is 6.95. The molecule has 1 aliphatic rings. The third kappa shape index (κ3) is 5.92. The van der Waals surface area contributed by atoms with E-state index in [1.807, 2.05) is 0 Å². The van der Waals surface area contributed by atoms with Gasteiger partial charge in [0, 0.05) is 20.1 Å². The van der Waals surface area contributed by atoms with Crippen molar-refractivity contribution < 1.29 is 14.7 Å². The van der Waals surface area contributed by atoms with Gasteiger partial charge in [0.1, 0.15) is 0 Å². The van der Waals surface area contributed by atoms with Crippen LogP contribution in [-0.4, -0.2) is 66.7 Å². The van der Waals surface area contributed by atoms with Crippen LogP contribution in [-0.2, 0) is 4.79 Å². The molecule has 0 spiro atoms. The van der Waals surface area contributed by atoms with Gasteiger partial charge in [-0.1, -0.05) is 6.92 Å². The van der Waals surface area contributed by atoms with Gasteiger partial charge in [-0.15, -0.1) is 0 Å². The highest BCUT2D eigenvalue weighted by molar-refractivity contribution is 5.75. The lowest BCUT2D eigenvalue weighted by atomic mass is 10.2. The quantitative estimate of drug-likeness (QED) is 0.673. The molecule has 1 atom stereocenters. The molecule has 110 valence electrons. The zero-order chi connectivity index (χ0) is 14.3. The molecule has 1 unspecified atom stereocenters. The van der Waals surface area contributed by atoms with Crippen molar-refractivity contribution in [3.63, 3.8) is 0 Å². The number of carbonyl (C=O) groups excluding carboxylic acids is 1. The van der Waals surface area contributed by atoms with Crippen LogP contribution >= 0.6 is 0 Å². The third-order valence-electron chi connectivity index (χ3n) is 3.44. The number of nitrogens with one attached hydrogen (secondary N) is 1. The molecule has 0 aromatic carbocycles. The Morgan fingerprint density at radius 3 is 2.58 bits per heavy atom. The maximum atomic E-state index is 11.7. The molecule has 1 rings (SSSR count). The van der Waals surface area contributed by atoms with Gasteiger partial charge < -0.3 is 20.2 Å². The minimum Gasteiger partial charge on any atom is -0.481 e. The summed E-state index contributed by atoms with van der Waals surface area (Å²) < 4.78 is 0. The van der Waals surface area contributed by atoms with Crippen LogP contribution in [0.15, 0.2) is 0 Å². The van der Waals surface area contributed by atoms with E-state index in [0.29, 0.717) is 6.54 Å². The average Bonchev–Trinajstić information content (AvgIpc) is 2.87. The predicted molar refractivity (Wildman–Crippen MR) is 73.1 cm³/mol. The Morgan fingerprint density at radius 2 is 2.00 bits per heavy atom. The minimum atomic E-state index is -0.881. The summed E-state index contributed by atoms with van der Waals surface area (Å²) in [4.78, 5) is 26.2. The highest BCUT2D eigenvalue weighted by Crippen LogP contribution is 2.06. The topological polar surface area (TPSA) is 72.9 Å². The Labute approximate surface area is 114 Å². The molecule has 1 fully saturated rings. The van der Waals surface area contributed by atoms with Crippen molar-refractivity contribution in [1.82, 2.24) is 15.1 Å². The number of nitrogens with zero attached hydrogens (tertiary/aromatic N) is 2. The Bertz CT molecular complexity index is 304. The van der Waals surface area contributed by atoms with E-state index in [0.717, 1.165) is 13.0 Å². The number of carboxylic acid groups (broad SMARTS) is 1. The van der Waals surface area contributed by atoms with Gasteiger partial charge in [0.05, 0.1) is 5.92 Å².